The Hall–Kier alpha value is -1.60. The van der Waals surface area contributed by atoms with Crippen LogP contribution < -0.4 is 0 Å². The quantitative estimate of drug-likeness (QED) is 0.845. The second kappa shape index (κ2) is 4.50. The minimum atomic E-state index is 0.644. The van der Waals surface area contributed by atoms with Crippen LogP contribution >= 0.6 is 15.9 Å². The maximum absolute atomic E-state index is 8.94. The number of nitrogens with zero attached hydrogens (tertiary/aromatic N) is 3. The SMILES string of the molecule is CCc1c(C#N)cnn1-c1ccc(Br)cc1. The summed E-state index contributed by atoms with van der Waals surface area (Å²) in [5.41, 5.74) is 2.57. The second-order valence-electron chi connectivity index (χ2n) is 3.36. The van der Waals surface area contributed by atoms with E-state index in [1.54, 1.807) is 6.20 Å². The Morgan fingerprint density at radius 2 is 2.06 bits per heavy atom. The van der Waals surface area contributed by atoms with E-state index in [1.165, 1.54) is 0 Å². The maximum Gasteiger partial charge on any atom is 0.103 e. The van der Waals surface area contributed by atoms with Crippen molar-refractivity contribution in [2.24, 2.45) is 0 Å². The number of halogens is 1. The molecule has 4 heteroatoms. The average molecular weight is 276 g/mol. The summed E-state index contributed by atoms with van der Waals surface area (Å²) in [4.78, 5) is 0. The number of aromatic nitrogens is 2. The van der Waals surface area contributed by atoms with Gasteiger partial charge in [0, 0.05) is 4.47 Å². The van der Waals surface area contributed by atoms with Gasteiger partial charge in [0.2, 0.25) is 0 Å². The van der Waals surface area contributed by atoms with Crippen molar-refractivity contribution in [1.82, 2.24) is 9.78 Å². The minimum Gasteiger partial charge on any atom is -0.236 e. The third-order valence-electron chi connectivity index (χ3n) is 2.40. The molecule has 3 nitrogen and oxygen atoms in total. The van der Waals surface area contributed by atoms with Crippen molar-refractivity contribution in [2.75, 3.05) is 0 Å². The molecule has 2 rings (SSSR count). The molecule has 0 amide bonds. The first-order valence-electron chi connectivity index (χ1n) is 4.99. The smallest absolute Gasteiger partial charge is 0.103 e. The summed E-state index contributed by atoms with van der Waals surface area (Å²) in [5, 5.41) is 13.2. The van der Waals surface area contributed by atoms with E-state index >= 15 is 0 Å². The molecule has 80 valence electrons. The van der Waals surface area contributed by atoms with E-state index in [4.69, 9.17) is 5.26 Å². The Labute approximate surface area is 102 Å². The highest BCUT2D eigenvalue weighted by atomic mass is 79.9. The van der Waals surface area contributed by atoms with E-state index in [0.29, 0.717) is 5.56 Å². The third-order valence-corrected chi connectivity index (χ3v) is 2.92. The highest BCUT2D eigenvalue weighted by molar-refractivity contribution is 9.10. The fourth-order valence-corrected chi connectivity index (χ4v) is 1.88. The lowest BCUT2D eigenvalue weighted by Gasteiger charge is -2.05. The van der Waals surface area contributed by atoms with Crippen molar-refractivity contribution in [3.05, 3.63) is 46.2 Å². The third kappa shape index (κ3) is 1.86. The topological polar surface area (TPSA) is 41.6 Å². The summed E-state index contributed by atoms with van der Waals surface area (Å²) in [7, 11) is 0. The first-order chi connectivity index (χ1) is 7.76. The normalized spacial score (nSPS) is 10.1. The number of nitriles is 1. The summed E-state index contributed by atoms with van der Waals surface area (Å²) in [6.45, 7) is 2.02. The van der Waals surface area contributed by atoms with Crippen LogP contribution in [0.25, 0.3) is 5.69 Å². The molecule has 0 saturated carbocycles. The molecule has 1 heterocycles. The molecule has 0 radical (unpaired) electrons. The highest BCUT2D eigenvalue weighted by Crippen LogP contribution is 2.17. The van der Waals surface area contributed by atoms with Crippen LogP contribution in [-0.4, -0.2) is 9.78 Å². The molecule has 0 N–H and O–H groups in total. The van der Waals surface area contributed by atoms with Crippen molar-refractivity contribution in [3.8, 4) is 11.8 Å². The molecule has 0 atom stereocenters. The van der Waals surface area contributed by atoms with Gasteiger partial charge < -0.3 is 0 Å². The molecule has 1 aromatic carbocycles. The van der Waals surface area contributed by atoms with E-state index in [9.17, 15) is 0 Å². The maximum atomic E-state index is 8.94. The van der Waals surface area contributed by atoms with Gasteiger partial charge in [0.05, 0.1) is 23.1 Å². The van der Waals surface area contributed by atoms with Crippen LogP contribution in [-0.2, 0) is 6.42 Å². The van der Waals surface area contributed by atoms with Gasteiger partial charge in [0.1, 0.15) is 6.07 Å². The van der Waals surface area contributed by atoms with Gasteiger partial charge in [-0.3, -0.25) is 0 Å². The number of hydrogen-bond donors (Lipinski definition) is 0. The predicted octanol–water partition coefficient (Wildman–Crippen LogP) is 3.07. The molecule has 0 fully saturated rings. The van der Waals surface area contributed by atoms with Gasteiger partial charge in [-0.25, -0.2) is 4.68 Å². The van der Waals surface area contributed by atoms with Gasteiger partial charge in [-0.05, 0) is 30.7 Å². The zero-order chi connectivity index (χ0) is 11.5. The van der Waals surface area contributed by atoms with Crippen molar-refractivity contribution >= 4 is 15.9 Å². The van der Waals surface area contributed by atoms with Gasteiger partial charge in [-0.2, -0.15) is 10.4 Å². The van der Waals surface area contributed by atoms with Gasteiger partial charge in [-0.1, -0.05) is 22.9 Å². The molecule has 0 aliphatic heterocycles. The summed E-state index contributed by atoms with van der Waals surface area (Å²) >= 11 is 3.39. The number of benzene rings is 1. The zero-order valence-corrected chi connectivity index (χ0v) is 10.4. The van der Waals surface area contributed by atoms with Crippen molar-refractivity contribution in [1.29, 1.82) is 5.26 Å². The Balaban J connectivity index is 2.52. The van der Waals surface area contributed by atoms with E-state index in [0.717, 1.165) is 22.3 Å². The van der Waals surface area contributed by atoms with Crippen LogP contribution in [0.2, 0.25) is 0 Å². The van der Waals surface area contributed by atoms with E-state index < -0.39 is 0 Å². The molecular weight excluding hydrogens is 266 g/mol. The lowest BCUT2D eigenvalue weighted by molar-refractivity contribution is 0.813. The van der Waals surface area contributed by atoms with Crippen molar-refractivity contribution < 1.29 is 0 Å². The molecule has 2 aromatic rings. The first-order valence-corrected chi connectivity index (χ1v) is 5.78. The van der Waals surface area contributed by atoms with E-state index in [2.05, 4.69) is 27.1 Å². The monoisotopic (exact) mass is 275 g/mol. The van der Waals surface area contributed by atoms with Crippen molar-refractivity contribution in [3.63, 3.8) is 0 Å². The van der Waals surface area contributed by atoms with Gasteiger partial charge in [-0.15, -0.1) is 0 Å². The van der Waals surface area contributed by atoms with Crippen LogP contribution in [0.5, 0.6) is 0 Å². The standard InChI is InChI=1S/C12H10BrN3/c1-2-12-9(7-14)8-15-16(12)11-5-3-10(13)4-6-11/h3-6,8H,2H2,1H3. The molecule has 0 unspecified atom stereocenters. The molecule has 16 heavy (non-hydrogen) atoms. The highest BCUT2D eigenvalue weighted by Gasteiger charge is 2.09. The van der Waals surface area contributed by atoms with E-state index in [1.807, 2.05) is 35.9 Å². The molecular formula is C12H10BrN3. The van der Waals surface area contributed by atoms with Crippen LogP contribution in [0.3, 0.4) is 0 Å². The molecule has 1 aromatic heterocycles. The van der Waals surface area contributed by atoms with Gasteiger partial charge in [0.25, 0.3) is 0 Å². The zero-order valence-electron chi connectivity index (χ0n) is 8.81. The molecule has 0 bridgehead atoms. The summed E-state index contributed by atoms with van der Waals surface area (Å²) < 4.78 is 2.84. The Morgan fingerprint density at radius 1 is 1.38 bits per heavy atom. The summed E-state index contributed by atoms with van der Waals surface area (Å²) in [6, 6.07) is 10.0. The lowest BCUT2D eigenvalue weighted by Crippen LogP contribution is -2.01. The fraction of sp³-hybridized carbons (Fsp3) is 0.167. The van der Waals surface area contributed by atoms with Crippen LogP contribution in [0.15, 0.2) is 34.9 Å². The number of hydrogen-bond acceptors (Lipinski definition) is 2. The number of rotatable bonds is 2. The molecule has 0 saturated heterocycles. The Morgan fingerprint density at radius 3 is 2.62 bits per heavy atom. The lowest BCUT2D eigenvalue weighted by atomic mass is 10.2. The first kappa shape index (κ1) is 10.9. The second-order valence-corrected chi connectivity index (χ2v) is 4.27. The van der Waals surface area contributed by atoms with Crippen LogP contribution in [0.4, 0.5) is 0 Å². The van der Waals surface area contributed by atoms with Crippen LogP contribution in [0, 0.1) is 11.3 Å². The molecule has 0 spiro atoms. The van der Waals surface area contributed by atoms with Crippen LogP contribution in [0.1, 0.15) is 18.2 Å². The predicted molar refractivity (Wildman–Crippen MR) is 65.4 cm³/mol. The largest absolute Gasteiger partial charge is 0.236 e. The Kier molecular flexibility index (Phi) is 3.07. The van der Waals surface area contributed by atoms with E-state index in [-0.39, 0.29) is 0 Å². The minimum absolute atomic E-state index is 0.644. The average Bonchev–Trinajstić information content (AvgIpc) is 2.72. The summed E-state index contributed by atoms with van der Waals surface area (Å²) in [5.74, 6) is 0. The molecule has 0 aliphatic rings. The fourth-order valence-electron chi connectivity index (χ4n) is 1.61. The Bertz CT molecular complexity index is 534. The van der Waals surface area contributed by atoms with Gasteiger partial charge in [0.15, 0.2) is 0 Å². The molecule has 0 aliphatic carbocycles. The summed E-state index contributed by atoms with van der Waals surface area (Å²) in [6.07, 6.45) is 2.40. The van der Waals surface area contributed by atoms with Gasteiger partial charge >= 0.3 is 0 Å². The van der Waals surface area contributed by atoms with Crippen molar-refractivity contribution in [2.45, 2.75) is 13.3 Å².